The first-order chi connectivity index (χ1) is 5.75. The van der Waals surface area contributed by atoms with Crippen molar-refractivity contribution >= 4 is 5.97 Å². The Kier molecular flexibility index (Phi) is 2.02. The van der Waals surface area contributed by atoms with Crippen molar-refractivity contribution in [3.8, 4) is 0 Å². The molecule has 2 fully saturated rings. The summed E-state index contributed by atoms with van der Waals surface area (Å²) < 4.78 is 10.8. The molecule has 1 N–H and O–H groups in total. The number of hydrogen-bond donors (Lipinski definition) is 1. The maximum Gasteiger partial charge on any atom is 0.306 e. The molecule has 0 spiro atoms. The average Bonchev–Trinajstić information content (AvgIpc) is 2.03. The Morgan fingerprint density at radius 3 is 2.33 bits per heavy atom. The number of rotatable bonds is 1. The zero-order valence-electron chi connectivity index (χ0n) is 6.73. The summed E-state index contributed by atoms with van der Waals surface area (Å²) in [6.07, 6.45) is 1.23. The molecular weight excluding hydrogens is 160 g/mol. The summed E-state index contributed by atoms with van der Waals surface area (Å²) in [6.45, 7) is 1.11. The first-order valence-electron chi connectivity index (χ1n) is 4.21. The maximum absolute atomic E-state index is 10.7. The summed E-state index contributed by atoms with van der Waals surface area (Å²) in [5.74, 6) is -0.923. The van der Waals surface area contributed by atoms with E-state index in [1.807, 2.05) is 0 Å². The van der Waals surface area contributed by atoms with E-state index in [2.05, 4.69) is 0 Å². The van der Waals surface area contributed by atoms with E-state index in [-0.39, 0.29) is 18.1 Å². The van der Waals surface area contributed by atoms with Gasteiger partial charge in [0.05, 0.1) is 31.3 Å². The Hall–Kier alpha value is -0.610. The van der Waals surface area contributed by atoms with Crippen LogP contribution in [0.2, 0.25) is 0 Å². The molecule has 0 aromatic carbocycles. The fourth-order valence-corrected chi connectivity index (χ4v) is 1.86. The highest BCUT2D eigenvalue weighted by Gasteiger charge is 2.36. The molecule has 0 radical (unpaired) electrons. The second-order valence-corrected chi connectivity index (χ2v) is 3.42. The van der Waals surface area contributed by atoms with Crippen LogP contribution in [0.25, 0.3) is 0 Å². The maximum atomic E-state index is 10.7. The second-order valence-electron chi connectivity index (χ2n) is 3.42. The third-order valence-corrected chi connectivity index (χ3v) is 2.44. The number of hydrogen-bond acceptors (Lipinski definition) is 3. The van der Waals surface area contributed by atoms with E-state index in [9.17, 15) is 4.79 Å². The predicted molar refractivity (Wildman–Crippen MR) is 39.8 cm³/mol. The van der Waals surface area contributed by atoms with Crippen LogP contribution in [0.5, 0.6) is 0 Å². The number of fused-ring (bicyclic) bond motifs is 2. The van der Waals surface area contributed by atoms with Gasteiger partial charge in [0.15, 0.2) is 0 Å². The quantitative estimate of drug-likeness (QED) is 0.616. The van der Waals surface area contributed by atoms with Gasteiger partial charge in [-0.2, -0.15) is 0 Å². The molecule has 12 heavy (non-hydrogen) atoms. The van der Waals surface area contributed by atoms with Crippen LogP contribution in [0.15, 0.2) is 0 Å². The van der Waals surface area contributed by atoms with Crippen LogP contribution < -0.4 is 0 Å². The molecule has 0 aromatic heterocycles. The highest BCUT2D eigenvalue weighted by atomic mass is 16.6. The lowest BCUT2D eigenvalue weighted by atomic mass is 9.91. The fraction of sp³-hybridized carbons (Fsp3) is 0.875. The molecule has 4 nitrogen and oxygen atoms in total. The van der Waals surface area contributed by atoms with E-state index in [1.165, 1.54) is 0 Å². The highest BCUT2D eigenvalue weighted by Crippen LogP contribution is 2.28. The van der Waals surface area contributed by atoms with E-state index in [0.29, 0.717) is 26.1 Å². The number of carbonyl (C=O) groups is 1. The van der Waals surface area contributed by atoms with E-state index in [1.54, 1.807) is 0 Å². The van der Waals surface area contributed by atoms with Gasteiger partial charge in [-0.15, -0.1) is 0 Å². The van der Waals surface area contributed by atoms with Crippen LogP contribution >= 0.6 is 0 Å². The summed E-state index contributed by atoms with van der Waals surface area (Å²) in [6, 6.07) is 0. The zero-order valence-corrected chi connectivity index (χ0v) is 6.73. The monoisotopic (exact) mass is 172 g/mol. The molecule has 0 aromatic rings. The molecule has 2 atom stereocenters. The second kappa shape index (κ2) is 3.03. The Labute approximate surface area is 70.5 Å². The summed E-state index contributed by atoms with van der Waals surface area (Å²) in [5, 5.41) is 8.80. The summed E-state index contributed by atoms with van der Waals surface area (Å²) in [7, 11) is 0. The van der Waals surface area contributed by atoms with Crippen LogP contribution in [0, 0.1) is 5.92 Å². The van der Waals surface area contributed by atoms with Gasteiger partial charge in [-0.1, -0.05) is 0 Å². The van der Waals surface area contributed by atoms with E-state index in [0.717, 1.165) is 0 Å². The molecule has 2 aliphatic heterocycles. The Balaban J connectivity index is 2.00. The van der Waals surface area contributed by atoms with Crippen molar-refractivity contribution in [2.24, 2.45) is 5.92 Å². The van der Waals surface area contributed by atoms with Crippen molar-refractivity contribution in [1.29, 1.82) is 0 Å². The smallest absolute Gasteiger partial charge is 0.306 e. The Bertz CT molecular complexity index is 179. The lowest BCUT2D eigenvalue weighted by Crippen LogP contribution is -2.44. The minimum absolute atomic E-state index is 0.0126. The Morgan fingerprint density at radius 1 is 1.25 bits per heavy atom. The van der Waals surface area contributed by atoms with Crippen LogP contribution in [0.1, 0.15) is 12.8 Å². The number of carboxylic acids is 1. The SMILES string of the molecule is O=C(O)C1CC2COCC(C1)O2. The van der Waals surface area contributed by atoms with Crippen molar-refractivity contribution < 1.29 is 19.4 Å². The molecule has 0 aliphatic carbocycles. The molecular formula is C8H12O4. The van der Waals surface area contributed by atoms with Crippen molar-refractivity contribution in [2.45, 2.75) is 25.0 Å². The predicted octanol–water partition coefficient (Wildman–Crippen LogP) is 0.265. The number of aliphatic carboxylic acids is 1. The van der Waals surface area contributed by atoms with Crippen LogP contribution in [0.3, 0.4) is 0 Å². The van der Waals surface area contributed by atoms with Gasteiger partial charge in [0.2, 0.25) is 0 Å². The lowest BCUT2D eigenvalue weighted by molar-refractivity contribution is -0.183. The van der Waals surface area contributed by atoms with Gasteiger partial charge in [0.1, 0.15) is 0 Å². The van der Waals surface area contributed by atoms with Gasteiger partial charge in [0.25, 0.3) is 0 Å². The molecule has 2 rings (SSSR count). The third kappa shape index (κ3) is 1.44. The standard InChI is InChI=1S/C8H12O4/c9-8(10)5-1-6-3-11-4-7(2-5)12-6/h5-7H,1-4H2,(H,9,10). The number of carboxylic acid groups (broad SMARTS) is 1. The van der Waals surface area contributed by atoms with Gasteiger partial charge in [-0.05, 0) is 12.8 Å². The molecule has 2 saturated heterocycles. The third-order valence-electron chi connectivity index (χ3n) is 2.44. The van der Waals surface area contributed by atoms with E-state index < -0.39 is 5.97 Å². The van der Waals surface area contributed by atoms with Crippen molar-refractivity contribution in [3.05, 3.63) is 0 Å². The summed E-state index contributed by atoms with van der Waals surface area (Å²) >= 11 is 0. The number of ether oxygens (including phenoxy) is 2. The zero-order chi connectivity index (χ0) is 8.55. The van der Waals surface area contributed by atoms with Gasteiger partial charge < -0.3 is 14.6 Å². The minimum Gasteiger partial charge on any atom is -0.481 e. The topological polar surface area (TPSA) is 55.8 Å². The lowest BCUT2D eigenvalue weighted by Gasteiger charge is -2.37. The van der Waals surface area contributed by atoms with Gasteiger partial charge in [-0.3, -0.25) is 4.79 Å². The van der Waals surface area contributed by atoms with Crippen molar-refractivity contribution in [3.63, 3.8) is 0 Å². The molecule has 2 heterocycles. The molecule has 2 aliphatic rings. The Morgan fingerprint density at radius 2 is 1.83 bits per heavy atom. The fourth-order valence-electron chi connectivity index (χ4n) is 1.86. The van der Waals surface area contributed by atoms with Gasteiger partial charge >= 0.3 is 5.97 Å². The van der Waals surface area contributed by atoms with E-state index in [4.69, 9.17) is 14.6 Å². The summed E-state index contributed by atoms with van der Waals surface area (Å²) in [4.78, 5) is 10.7. The molecule has 68 valence electrons. The molecule has 4 heteroatoms. The normalized spacial score (nSPS) is 40.8. The van der Waals surface area contributed by atoms with Crippen LogP contribution in [-0.4, -0.2) is 36.5 Å². The van der Waals surface area contributed by atoms with Crippen LogP contribution in [0.4, 0.5) is 0 Å². The van der Waals surface area contributed by atoms with Gasteiger partial charge in [0, 0.05) is 0 Å². The first-order valence-corrected chi connectivity index (χ1v) is 4.21. The summed E-state index contributed by atoms with van der Waals surface area (Å²) in [5.41, 5.74) is 0. The average molecular weight is 172 g/mol. The van der Waals surface area contributed by atoms with Crippen molar-refractivity contribution in [1.82, 2.24) is 0 Å². The van der Waals surface area contributed by atoms with Crippen LogP contribution in [-0.2, 0) is 14.3 Å². The molecule has 0 amide bonds. The largest absolute Gasteiger partial charge is 0.481 e. The van der Waals surface area contributed by atoms with Gasteiger partial charge in [-0.25, -0.2) is 0 Å². The molecule has 2 bridgehead atoms. The van der Waals surface area contributed by atoms with E-state index >= 15 is 0 Å². The molecule has 2 unspecified atom stereocenters. The minimum atomic E-state index is -0.699. The highest BCUT2D eigenvalue weighted by molar-refractivity contribution is 5.70. The van der Waals surface area contributed by atoms with Crippen molar-refractivity contribution in [2.75, 3.05) is 13.2 Å². The first kappa shape index (κ1) is 8.01. The molecule has 0 saturated carbocycles.